The smallest absolute Gasteiger partial charge is 0.298 e. The average molecular weight is 354 g/mol. The van der Waals surface area contributed by atoms with E-state index >= 15 is 0 Å². The van der Waals surface area contributed by atoms with Crippen LogP contribution in [0.1, 0.15) is 11.3 Å². The summed E-state index contributed by atoms with van der Waals surface area (Å²) in [6, 6.07) is 10.2. The molecule has 0 aliphatic carbocycles. The molecule has 2 aromatic heterocycles. The van der Waals surface area contributed by atoms with Crippen LogP contribution in [-0.2, 0) is 18.7 Å². The molecule has 3 aromatic rings. The van der Waals surface area contributed by atoms with E-state index in [2.05, 4.69) is 15.0 Å². The van der Waals surface area contributed by atoms with Crippen molar-refractivity contribution in [1.29, 1.82) is 0 Å². The molecule has 2 aliphatic heterocycles. The SMILES string of the molecule is O=c1cc2c(nn1CC1CN(c3nc4ccccc4o3)C1)CCSC2. The molecule has 0 unspecified atom stereocenters. The summed E-state index contributed by atoms with van der Waals surface area (Å²) in [5, 5.41) is 4.60. The molecule has 0 N–H and O–H groups in total. The van der Waals surface area contributed by atoms with Gasteiger partial charge in [0.2, 0.25) is 0 Å². The third-order valence-corrected chi connectivity index (χ3v) is 5.85. The van der Waals surface area contributed by atoms with Crippen molar-refractivity contribution in [3.05, 3.63) is 51.9 Å². The molecule has 2 aliphatic rings. The van der Waals surface area contributed by atoms with Crippen molar-refractivity contribution < 1.29 is 4.42 Å². The Morgan fingerprint density at radius 1 is 1.28 bits per heavy atom. The number of benzene rings is 1. The molecule has 7 heteroatoms. The Morgan fingerprint density at radius 2 is 2.16 bits per heavy atom. The Hall–Kier alpha value is -2.28. The lowest BCUT2D eigenvalue weighted by Gasteiger charge is -2.38. The van der Waals surface area contributed by atoms with E-state index in [1.54, 1.807) is 10.7 Å². The predicted octanol–water partition coefficient (Wildman–Crippen LogP) is 2.31. The van der Waals surface area contributed by atoms with Gasteiger partial charge in [-0.05, 0) is 23.4 Å². The number of thioether (sulfide) groups is 1. The standard InChI is InChI=1S/C18H18N4O2S/c23-17-7-13-11-25-6-5-14(13)20-22(17)10-12-8-21(9-12)18-19-15-3-1-2-4-16(15)24-18/h1-4,7,12H,5-6,8-11H2. The van der Waals surface area contributed by atoms with Crippen LogP contribution in [0, 0.1) is 5.92 Å². The van der Waals surface area contributed by atoms with E-state index < -0.39 is 0 Å². The minimum atomic E-state index is 0.0153. The van der Waals surface area contributed by atoms with Crippen molar-refractivity contribution in [2.45, 2.75) is 18.7 Å². The van der Waals surface area contributed by atoms with Crippen LogP contribution in [0.5, 0.6) is 0 Å². The lowest BCUT2D eigenvalue weighted by Crippen LogP contribution is -2.50. The van der Waals surface area contributed by atoms with Gasteiger partial charge in [-0.3, -0.25) is 4.79 Å². The zero-order valence-electron chi connectivity index (χ0n) is 13.7. The van der Waals surface area contributed by atoms with Crippen LogP contribution >= 0.6 is 11.8 Å². The molecule has 0 spiro atoms. The van der Waals surface area contributed by atoms with Crippen LogP contribution in [-0.4, -0.2) is 33.6 Å². The first-order valence-corrected chi connectivity index (χ1v) is 9.70. The van der Waals surface area contributed by atoms with E-state index in [1.807, 2.05) is 36.0 Å². The number of rotatable bonds is 3. The summed E-state index contributed by atoms with van der Waals surface area (Å²) in [5.41, 5.74) is 3.91. The first-order chi connectivity index (χ1) is 12.3. The van der Waals surface area contributed by atoms with Crippen LogP contribution in [0.25, 0.3) is 11.1 Å². The summed E-state index contributed by atoms with van der Waals surface area (Å²) in [5.74, 6) is 2.40. The monoisotopic (exact) mass is 354 g/mol. The Balaban J connectivity index is 1.29. The summed E-state index contributed by atoms with van der Waals surface area (Å²) in [6.45, 7) is 2.34. The van der Waals surface area contributed by atoms with Crippen LogP contribution in [0.4, 0.5) is 6.01 Å². The minimum absolute atomic E-state index is 0.0153. The second kappa shape index (κ2) is 5.91. The van der Waals surface area contributed by atoms with Gasteiger partial charge >= 0.3 is 0 Å². The zero-order chi connectivity index (χ0) is 16.8. The average Bonchev–Trinajstić information content (AvgIpc) is 3.01. The quantitative estimate of drug-likeness (QED) is 0.719. The number of aromatic nitrogens is 3. The van der Waals surface area contributed by atoms with Gasteiger partial charge in [0.15, 0.2) is 5.58 Å². The van der Waals surface area contributed by atoms with E-state index in [0.29, 0.717) is 18.5 Å². The Bertz CT molecular complexity index is 957. The second-order valence-electron chi connectivity index (χ2n) is 6.67. The highest BCUT2D eigenvalue weighted by molar-refractivity contribution is 7.98. The van der Waals surface area contributed by atoms with Gasteiger partial charge in [-0.15, -0.1) is 0 Å². The molecular weight excluding hydrogens is 336 g/mol. The van der Waals surface area contributed by atoms with Crippen LogP contribution in [0.3, 0.4) is 0 Å². The fourth-order valence-corrected chi connectivity index (χ4v) is 4.42. The third kappa shape index (κ3) is 2.72. The number of aryl methyl sites for hydroxylation is 1. The largest absolute Gasteiger partial charge is 0.423 e. The fraction of sp³-hybridized carbons (Fsp3) is 0.389. The first kappa shape index (κ1) is 15.0. The summed E-state index contributed by atoms with van der Waals surface area (Å²) in [6.07, 6.45) is 0.958. The van der Waals surface area contributed by atoms with Gasteiger partial charge in [0.05, 0.1) is 12.2 Å². The normalized spacial score (nSPS) is 17.5. The van der Waals surface area contributed by atoms with Gasteiger partial charge in [-0.25, -0.2) is 4.68 Å². The maximum atomic E-state index is 12.3. The molecule has 128 valence electrons. The van der Waals surface area contributed by atoms with Crippen molar-refractivity contribution in [3.63, 3.8) is 0 Å². The molecule has 25 heavy (non-hydrogen) atoms. The van der Waals surface area contributed by atoms with Gasteiger partial charge in [-0.2, -0.15) is 21.8 Å². The van der Waals surface area contributed by atoms with Gasteiger partial charge < -0.3 is 9.32 Å². The molecule has 4 heterocycles. The Labute approximate surface area is 148 Å². The molecule has 1 aromatic carbocycles. The van der Waals surface area contributed by atoms with E-state index in [1.165, 1.54) is 0 Å². The molecule has 5 rings (SSSR count). The van der Waals surface area contributed by atoms with E-state index in [9.17, 15) is 4.79 Å². The molecular formula is C18H18N4O2S. The molecule has 0 atom stereocenters. The molecule has 1 fully saturated rings. The lowest BCUT2D eigenvalue weighted by molar-refractivity contribution is 0.317. The van der Waals surface area contributed by atoms with E-state index in [0.717, 1.165) is 53.4 Å². The van der Waals surface area contributed by atoms with Gasteiger partial charge in [0.1, 0.15) is 5.52 Å². The highest BCUT2D eigenvalue weighted by Gasteiger charge is 2.31. The third-order valence-electron chi connectivity index (χ3n) is 4.85. The summed E-state index contributed by atoms with van der Waals surface area (Å²) in [7, 11) is 0. The Kier molecular flexibility index (Phi) is 3.55. The van der Waals surface area contributed by atoms with Crippen LogP contribution in [0.15, 0.2) is 39.5 Å². The number of hydrogen-bond acceptors (Lipinski definition) is 6. The fourth-order valence-electron chi connectivity index (χ4n) is 3.46. The summed E-state index contributed by atoms with van der Waals surface area (Å²) in [4.78, 5) is 18.9. The molecule has 0 bridgehead atoms. The van der Waals surface area contributed by atoms with Crippen LogP contribution < -0.4 is 10.5 Å². The van der Waals surface area contributed by atoms with Crippen molar-refractivity contribution in [3.8, 4) is 0 Å². The second-order valence-corrected chi connectivity index (χ2v) is 7.78. The van der Waals surface area contributed by atoms with E-state index in [-0.39, 0.29) is 5.56 Å². The summed E-state index contributed by atoms with van der Waals surface area (Å²) < 4.78 is 7.44. The van der Waals surface area contributed by atoms with Crippen molar-refractivity contribution in [2.24, 2.45) is 5.92 Å². The highest BCUT2D eigenvalue weighted by atomic mass is 32.2. The first-order valence-electron chi connectivity index (χ1n) is 8.54. The molecule has 0 amide bonds. The summed E-state index contributed by atoms with van der Waals surface area (Å²) >= 11 is 1.87. The van der Waals surface area contributed by atoms with Gasteiger partial charge in [0, 0.05) is 37.2 Å². The van der Waals surface area contributed by atoms with Crippen molar-refractivity contribution >= 4 is 28.9 Å². The topological polar surface area (TPSA) is 64.2 Å². The molecule has 6 nitrogen and oxygen atoms in total. The van der Waals surface area contributed by atoms with Crippen LogP contribution in [0.2, 0.25) is 0 Å². The maximum Gasteiger partial charge on any atom is 0.298 e. The number of oxazole rings is 1. The molecule has 0 saturated carbocycles. The number of hydrogen-bond donors (Lipinski definition) is 0. The van der Waals surface area contributed by atoms with Gasteiger partial charge in [-0.1, -0.05) is 12.1 Å². The minimum Gasteiger partial charge on any atom is -0.423 e. The maximum absolute atomic E-state index is 12.3. The highest BCUT2D eigenvalue weighted by Crippen LogP contribution is 2.28. The number of para-hydroxylation sites is 2. The zero-order valence-corrected chi connectivity index (χ0v) is 14.5. The van der Waals surface area contributed by atoms with Crippen molar-refractivity contribution in [1.82, 2.24) is 14.8 Å². The predicted molar refractivity (Wildman–Crippen MR) is 98.1 cm³/mol. The number of nitrogens with zero attached hydrogens (tertiary/aromatic N) is 4. The lowest BCUT2D eigenvalue weighted by atomic mass is 10.0. The van der Waals surface area contributed by atoms with E-state index in [4.69, 9.17) is 4.42 Å². The van der Waals surface area contributed by atoms with Crippen molar-refractivity contribution in [2.75, 3.05) is 23.7 Å². The molecule has 0 radical (unpaired) electrons. The molecule has 1 saturated heterocycles. The number of anilines is 1. The number of fused-ring (bicyclic) bond motifs is 2. The Morgan fingerprint density at radius 3 is 3.04 bits per heavy atom. The van der Waals surface area contributed by atoms with Gasteiger partial charge in [0.25, 0.3) is 11.6 Å².